The molecular formula is C13H13BrClNS. The minimum Gasteiger partial charge on any atom is -0.327 e. The Kier molecular flexibility index (Phi) is 4.62. The van der Waals surface area contributed by atoms with E-state index in [1.807, 2.05) is 18.2 Å². The van der Waals surface area contributed by atoms with E-state index < -0.39 is 0 Å². The van der Waals surface area contributed by atoms with Gasteiger partial charge in [-0.3, -0.25) is 0 Å². The third-order valence-corrected chi connectivity index (χ3v) is 4.29. The first-order valence-corrected chi connectivity index (χ1v) is 7.36. The summed E-state index contributed by atoms with van der Waals surface area (Å²) in [6, 6.07) is 12.4. The van der Waals surface area contributed by atoms with Gasteiger partial charge in [0, 0.05) is 15.4 Å². The molecule has 1 unspecified atom stereocenters. The van der Waals surface area contributed by atoms with Crippen molar-refractivity contribution in [3.8, 4) is 0 Å². The Balaban J connectivity index is 1.93. The summed E-state index contributed by atoms with van der Waals surface area (Å²) in [5.74, 6) is 0. The summed E-state index contributed by atoms with van der Waals surface area (Å²) in [4.78, 5) is 1.25. The summed E-state index contributed by atoms with van der Waals surface area (Å²) < 4.78 is 1.93. The largest absolute Gasteiger partial charge is 0.327 e. The van der Waals surface area contributed by atoms with Gasteiger partial charge >= 0.3 is 0 Å². The summed E-state index contributed by atoms with van der Waals surface area (Å²) in [7, 11) is 0. The molecule has 2 rings (SSSR count). The lowest BCUT2D eigenvalue weighted by molar-refractivity contribution is 0.671. The fraction of sp³-hybridized carbons (Fsp3) is 0.231. The summed E-state index contributed by atoms with van der Waals surface area (Å²) in [5, 5.41) is 0. The Morgan fingerprint density at radius 2 is 1.82 bits per heavy atom. The van der Waals surface area contributed by atoms with Gasteiger partial charge in [0.15, 0.2) is 0 Å². The average molecular weight is 331 g/mol. The summed E-state index contributed by atoms with van der Waals surface area (Å²) in [6.07, 6.45) is 1.77. The van der Waals surface area contributed by atoms with Crippen LogP contribution in [0.25, 0.3) is 0 Å². The fourth-order valence-corrected chi connectivity index (χ4v) is 3.16. The fourth-order valence-electron chi connectivity index (χ4n) is 1.72. The maximum absolute atomic E-state index is 6.14. The molecule has 0 fully saturated rings. The number of hydrogen-bond acceptors (Lipinski definition) is 2. The zero-order valence-electron chi connectivity index (χ0n) is 9.20. The predicted octanol–water partition coefficient (Wildman–Crippen LogP) is 4.28. The monoisotopic (exact) mass is 329 g/mol. The van der Waals surface area contributed by atoms with Crippen molar-refractivity contribution in [1.82, 2.24) is 0 Å². The number of nitrogens with two attached hydrogens (primary N) is 1. The van der Waals surface area contributed by atoms with Crippen LogP contribution in [0.5, 0.6) is 0 Å². The van der Waals surface area contributed by atoms with Crippen molar-refractivity contribution in [2.75, 3.05) is 0 Å². The van der Waals surface area contributed by atoms with Crippen LogP contribution < -0.4 is 5.73 Å². The van der Waals surface area contributed by atoms with Crippen LogP contribution in [-0.4, -0.2) is 6.04 Å². The maximum Gasteiger partial charge on any atom is 0.0931 e. The smallest absolute Gasteiger partial charge is 0.0931 e. The molecule has 1 aromatic carbocycles. The Labute approximate surface area is 119 Å². The molecule has 0 saturated heterocycles. The molecule has 0 amide bonds. The van der Waals surface area contributed by atoms with E-state index in [9.17, 15) is 0 Å². The molecule has 0 aliphatic carbocycles. The quantitative estimate of drug-likeness (QED) is 0.890. The second-order valence-electron chi connectivity index (χ2n) is 4.00. The second kappa shape index (κ2) is 6.01. The van der Waals surface area contributed by atoms with Crippen molar-refractivity contribution in [2.45, 2.75) is 18.9 Å². The Morgan fingerprint density at radius 1 is 1.12 bits per heavy atom. The molecule has 1 atom stereocenters. The van der Waals surface area contributed by atoms with Gasteiger partial charge in [-0.05, 0) is 42.7 Å². The highest BCUT2D eigenvalue weighted by Gasteiger charge is 2.07. The van der Waals surface area contributed by atoms with Crippen LogP contribution in [0.15, 0.2) is 40.9 Å². The van der Waals surface area contributed by atoms with Crippen molar-refractivity contribution in [3.05, 3.63) is 55.6 Å². The number of halogens is 2. The van der Waals surface area contributed by atoms with Gasteiger partial charge in [0.05, 0.1) is 4.34 Å². The van der Waals surface area contributed by atoms with Crippen LogP contribution in [0, 0.1) is 0 Å². The van der Waals surface area contributed by atoms with E-state index >= 15 is 0 Å². The first kappa shape index (κ1) is 13.1. The van der Waals surface area contributed by atoms with Crippen molar-refractivity contribution < 1.29 is 0 Å². The summed E-state index contributed by atoms with van der Waals surface area (Å²) >= 11 is 10.9. The zero-order chi connectivity index (χ0) is 12.3. The van der Waals surface area contributed by atoms with E-state index in [-0.39, 0.29) is 6.04 Å². The lowest BCUT2D eigenvalue weighted by Gasteiger charge is -2.10. The topological polar surface area (TPSA) is 26.0 Å². The third-order valence-electron chi connectivity index (χ3n) is 2.50. The lowest BCUT2D eigenvalue weighted by atomic mass is 10.0. The Bertz CT molecular complexity index is 480. The normalized spacial score (nSPS) is 12.6. The van der Waals surface area contributed by atoms with E-state index in [2.05, 4.69) is 34.1 Å². The molecule has 0 spiro atoms. The molecule has 1 nitrogen and oxygen atoms in total. The second-order valence-corrected chi connectivity index (χ2v) is 6.72. The van der Waals surface area contributed by atoms with Crippen LogP contribution in [0.1, 0.15) is 10.4 Å². The van der Waals surface area contributed by atoms with Gasteiger partial charge < -0.3 is 5.73 Å². The van der Waals surface area contributed by atoms with Gasteiger partial charge in [-0.25, -0.2) is 0 Å². The van der Waals surface area contributed by atoms with E-state index in [1.54, 1.807) is 11.3 Å². The molecule has 0 aliphatic rings. The van der Waals surface area contributed by atoms with Crippen LogP contribution >= 0.6 is 38.9 Å². The minimum absolute atomic E-state index is 0.144. The molecule has 0 radical (unpaired) electrons. The maximum atomic E-state index is 6.14. The molecule has 0 bridgehead atoms. The highest BCUT2D eigenvalue weighted by Crippen LogP contribution is 2.23. The van der Waals surface area contributed by atoms with Crippen molar-refractivity contribution >= 4 is 38.9 Å². The van der Waals surface area contributed by atoms with Crippen LogP contribution in [0.3, 0.4) is 0 Å². The van der Waals surface area contributed by atoms with Crippen LogP contribution in [0.4, 0.5) is 0 Å². The molecule has 2 N–H and O–H groups in total. The summed E-state index contributed by atoms with van der Waals surface area (Å²) in [6.45, 7) is 0. The number of rotatable bonds is 4. The van der Waals surface area contributed by atoms with Gasteiger partial charge in [-0.1, -0.05) is 39.7 Å². The van der Waals surface area contributed by atoms with E-state index in [1.165, 1.54) is 10.4 Å². The molecule has 90 valence electrons. The predicted molar refractivity (Wildman–Crippen MR) is 78.9 cm³/mol. The number of benzene rings is 1. The molecular weight excluding hydrogens is 318 g/mol. The first-order chi connectivity index (χ1) is 8.13. The highest BCUT2D eigenvalue weighted by atomic mass is 79.9. The molecule has 0 saturated carbocycles. The average Bonchev–Trinajstić information content (AvgIpc) is 2.67. The van der Waals surface area contributed by atoms with Crippen molar-refractivity contribution in [2.24, 2.45) is 5.73 Å². The van der Waals surface area contributed by atoms with Gasteiger partial charge in [0.2, 0.25) is 0 Å². The molecule has 1 heterocycles. The van der Waals surface area contributed by atoms with E-state index in [4.69, 9.17) is 17.3 Å². The molecule has 0 aliphatic heterocycles. The van der Waals surface area contributed by atoms with Gasteiger partial charge in [-0.2, -0.15) is 0 Å². The van der Waals surface area contributed by atoms with Crippen LogP contribution in [-0.2, 0) is 12.8 Å². The standard InChI is InChI=1S/C13H13BrClNS/c14-10-3-1-9(2-4-10)7-11(16)8-12-5-6-13(15)17-12/h1-6,11H,7-8,16H2. The molecule has 17 heavy (non-hydrogen) atoms. The van der Waals surface area contributed by atoms with E-state index in [0.29, 0.717) is 0 Å². The molecule has 2 aromatic rings. The number of thiophene rings is 1. The highest BCUT2D eigenvalue weighted by molar-refractivity contribution is 9.10. The third kappa shape index (κ3) is 4.11. The number of hydrogen-bond donors (Lipinski definition) is 1. The first-order valence-electron chi connectivity index (χ1n) is 5.38. The summed E-state index contributed by atoms with van der Waals surface area (Å²) in [5.41, 5.74) is 7.40. The molecule has 4 heteroatoms. The van der Waals surface area contributed by atoms with Gasteiger partial charge in [0.25, 0.3) is 0 Å². The Morgan fingerprint density at radius 3 is 2.41 bits per heavy atom. The van der Waals surface area contributed by atoms with E-state index in [0.717, 1.165) is 21.7 Å². The van der Waals surface area contributed by atoms with Crippen LogP contribution in [0.2, 0.25) is 4.34 Å². The minimum atomic E-state index is 0.144. The van der Waals surface area contributed by atoms with Crippen molar-refractivity contribution in [3.63, 3.8) is 0 Å². The zero-order valence-corrected chi connectivity index (χ0v) is 12.4. The lowest BCUT2D eigenvalue weighted by Crippen LogP contribution is -2.25. The van der Waals surface area contributed by atoms with Crippen molar-refractivity contribution in [1.29, 1.82) is 0 Å². The van der Waals surface area contributed by atoms with Gasteiger partial charge in [-0.15, -0.1) is 11.3 Å². The van der Waals surface area contributed by atoms with Gasteiger partial charge in [0.1, 0.15) is 0 Å². The Hall–Kier alpha value is -0.350. The SMILES string of the molecule is NC(Cc1ccc(Br)cc1)Cc1ccc(Cl)s1. The molecule has 1 aromatic heterocycles.